The van der Waals surface area contributed by atoms with Crippen molar-refractivity contribution in [2.75, 3.05) is 0 Å². The van der Waals surface area contributed by atoms with Gasteiger partial charge in [0, 0.05) is 6.42 Å². The van der Waals surface area contributed by atoms with Gasteiger partial charge in [-0.1, -0.05) is 96.8 Å². The Morgan fingerprint density at radius 3 is 1.63 bits per heavy atom. The van der Waals surface area contributed by atoms with Crippen molar-refractivity contribution in [3.8, 4) is 0 Å². The van der Waals surface area contributed by atoms with Crippen LogP contribution in [0.5, 0.6) is 0 Å². The highest BCUT2D eigenvalue weighted by Gasteiger charge is 2.24. The Labute approximate surface area is 164 Å². The molecule has 154 valence electrons. The lowest BCUT2D eigenvalue weighted by Gasteiger charge is -2.04. The number of amides is 2. The monoisotopic (exact) mass is 379 g/mol. The molecule has 5 heteroatoms. The first-order chi connectivity index (χ1) is 13.1. The molecule has 0 aromatic rings. The molecule has 0 bridgehead atoms. The SMILES string of the molecule is CCCCCCCCCCCCCCCCCC(=O)OC1=CC(=O)NC1=O. The molecule has 0 unspecified atom stereocenters. The van der Waals surface area contributed by atoms with Crippen LogP contribution >= 0.6 is 0 Å². The number of rotatable bonds is 17. The van der Waals surface area contributed by atoms with Crippen molar-refractivity contribution in [3.05, 3.63) is 11.8 Å². The standard InChI is InChI=1S/C22H37NO4/c1-2-3-4-5-6-7-8-9-10-11-12-13-14-15-16-17-21(25)27-19-18-20(24)23-22(19)26/h18H,2-17H2,1H3,(H,23,24,26). The van der Waals surface area contributed by atoms with Crippen molar-refractivity contribution in [1.82, 2.24) is 5.32 Å². The summed E-state index contributed by atoms with van der Waals surface area (Å²) in [5, 5.41) is 2.05. The first-order valence-electron chi connectivity index (χ1n) is 10.9. The van der Waals surface area contributed by atoms with Gasteiger partial charge in [-0.2, -0.15) is 0 Å². The van der Waals surface area contributed by atoms with Crippen LogP contribution in [-0.4, -0.2) is 17.8 Å². The zero-order valence-electron chi connectivity index (χ0n) is 17.0. The summed E-state index contributed by atoms with van der Waals surface area (Å²) in [6.45, 7) is 2.26. The maximum atomic E-state index is 11.6. The van der Waals surface area contributed by atoms with E-state index in [2.05, 4.69) is 6.92 Å². The summed E-state index contributed by atoms with van der Waals surface area (Å²) in [4.78, 5) is 33.8. The van der Waals surface area contributed by atoms with Gasteiger partial charge in [0.1, 0.15) is 0 Å². The van der Waals surface area contributed by atoms with Crippen LogP contribution in [0.3, 0.4) is 0 Å². The van der Waals surface area contributed by atoms with Crippen molar-refractivity contribution >= 4 is 17.8 Å². The predicted octanol–water partition coefficient (Wildman–Crippen LogP) is 5.33. The normalized spacial score (nSPS) is 13.6. The van der Waals surface area contributed by atoms with Crippen LogP contribution in [0.1, 0.15) is 110 Å². The highest BCUT2D eigenvalue weighted by molar-refractivity contribution is 6.15. The van der Waals surface area contributed by atoms with Gasteiger partial charge in [0.15, 0.2) is 0 Å². The van der Waals surface area contributed by atoms with Crippen LogP contribution in [0.4, 0.5) is 0 Å². The van der Waals surface area contributed by atoms with Crippen LogP contribution in [0, 0.1) is 0 Å². The number of imide groups is 1. The van der Waals surface area contributed by atoms with E-state index in [4.69, 9.17) is 4.74 Å². The van der Waals surface area contributed by atoms with E-state index in [1.54, 1.807) is 0 Å². The summed E-state index contributed by atoms with van der Waals surface area (Å²) in [6, 6.07) is 0. The fourth-order valence-electron chi connectivity index (χ4n) is 3.28. The Balaban J connectivity index is 1.81. The van der Waals surface area contributed by atoms with Gasteiger partial charge < -0.3 is 4.74 Å². The molecule has 0 aromatic carbocycles. The number of nitrogens with one attached hydrogen (secondary N) is 1. The maximum absolute atomic E-state index is 11.6. The van der Waals surface area contributed by atoms with Crippen molar-refractivity contribution in [2.45, 2.75) is 110 Å². The third-order valence-electron chi connectivity index (χ3n) is 4.93. The molecule has 1 N–H and O–H groups in total. The largest absolute Gasteiger partial charge is 0.420 e. The van der Waals surface area contributed by atoms with Gasteiger partial charge in [-0.3, -0.25) is 19.7 Å². The number of ether oxygens (including phenoxy) is 1. The fraction of sp³-hybridized carbons (Fsp3) is 0.773. The van der Waals surface area contributed by atoms with Crippen LogP contribution in [0.15, 0.2) is 11.8 Å². The third kappa shape index (κ3) is 12.4. The lowest BCUT2D eigenvalue weighted by atomic mass is 10.0. The molecule has 0 radical (unpaired) electrons. The number of unbranched alkanes of at least 4 members (excludes halogenated alkanes) is 14. The highest BCUT2D eigenvalue weighted by atomic mass is 16.5. The molecule has 0 spiro atoms. The Kier molecular flexibility index (Phi) is 13.4. The number of hydrogen-bond acceptors (Lipinski definition) is 4. The van der Waals surface area contributed by atoms with Crippen LogP contribution < -0.4 is 5.32 Å². The smallest absolute Gasteiger partial charge is 0.311 e. The summed E-state index contributed by atoms with van der Waals surface area (Å²) in [7, 11) is 0. The lowest BCUT2D eigenvalue weighted by molar-refractivity contribution is -0.142. The molecule has 0 fully saturated rings. The molecule has 1 aliphatic rings. The summed E-state index contributed by atoms with van der Waals surface area (Å²) in [6.07, 6.45) is 20.4. The molecule has 27 heavy (non-hydrogen) atoms. The Hall–Kier alpha value is -1.65. The summed E-state index contributed by atoms with van der Waals surface area (Å²) >= 11 is 0. The van der Waals surface area contributed by atoms with Crippen LogP contribution in [-0.2, 0) is 19.1 Å². The average Bonchev–Trinajstić information content (AvgIpc) is 2.95. The Morgan fingerprint density at radius 2 is 1.22 bits per heavy atom. The van der Waals surface area contributed by atoms with Crippen LogP contribution in [0.25, 0.3) is 0 Å². The Morgan fingerprint density at radius 1 is 0.778 bits per heavy atom. The molecule has 1 aliphatic heterocycles. The zero-order valence-corrected chi connectivity index (χ0v) is 17.0. The second kappa shape index (κ2) is 15.4. The van der Waals surface area contributed by atoms with E-state index in [1.807, 2.05) is 5.32 Å². The van der Waals surface area contributed by atoms with E-state index in [0.717, 1.165) is 25.3 Å². The topological polar surface area (TPSA) is 72.5 Å². The minimum absolute atomic E-state index is 0.189. The van der Waals surface area contributed by atoms with E-state index < -0.39 is 17.8 Å². The van der Waals surface area contributed by atoms with Crippen LogP contribution in [0.2, 0.25) is 0 Å². The van der Waals surface area contributed by atoms with Gasteiger partial charge in [0.2, 0.25) is 5.76 Å². The first kappa shape index (κ1) is 23.4. The second-order valence-corrected chi connectivity index (χ2v) is 7.50. The fourth-order valence-corrected chi connectivity index (χ4v) is 3.28. The molecule has 1 rings (SSSR count). The quantitative estimate of drug-likeness (QED) is 0.210. The number of hydrogen-bond donors (Lipinski definition) is 1. The molecule has 2 amide bonds. The number of carbonyl (C=O) groups is 3. The molecule has 5 nitrogen and oxygen atoms in total. The Bertz CT molecular complexity index is 485. The van der Waals surface area contributed by atoms with Gasteiger partial charge in [0.05, 0.1) is 6.08 Å². The zero-order chi connectivity index (χ0) is 19.7. The summed E-state index contributed by atoms with van der Waals surface area (Å²) in [5.74, 6) is -1.80. The van der Waals surface area contributed by atoms with E-state index >= 15 is 0 Å². The van der Waals surface area contributed by atoms with Gasteiger partial charge in [-0.15, -0.1) is 0 Å². The third-order valence-corrected chi connectivity index (χ3v) is 4.93. The number of esters is 1. The summed E-state index contributed by atoms with van der Waals surface area (Å²) < 4.78 is 4.90. The highest BCUT2D eigenvalue weighted by Crippen LogP contribution is 2.14. The van der Waals surface area contributed by atoms with E-state index in [0.29, 0.717) is 0 Å². The molecular formula is C22H37NO4. The minimum Gasteiger partial charge on any atom is -0.420 e. The first-order valence-corrected chi connectivity index (χ1v) is 10.9. The molecule has 0 saturated carbocycles. The van der Waals surface area contributed by atoms with E-state index in [-0.39, 0.29) is 12.2 Å². The molecule has 0 saturated heterocycles. The van der Waals surface area contributed by atoms with Crippen molar-refractivity contribution in [1.29, 1.82) is 0 Å². The predicted molar refractivity (Wildman–Crippen MR) is 107 cm³/mol. The van der Waals surface area contributed by atoms with E-state index in [9.17, 15) is 14.4 Å². The average molecular weight is 380 g/mol. The maximum Gasteiger partial charge on any atom is 0.311 e. The van der Waals surface area contributed by atoms with Crippen molar-refractivity contribution in [3.63, 3.8) is 0 Å². The van der Waals surface area contributed by atoms with Gasteiger partial charge in [-0.25, -0.2) is 0 Å². The minimum atomic E-state index is -0.634. The molecular weight excluding hydrogens is 342 g/mol. The van der Waals surface area contributed by atoms with Crippen molar-refractivity contribution in [2.24, 2.45) is 0 Å². The summed E-state index contributed by atoms with van der Waals surface area (Å²) in [5.41, 5.74) is 0. The molecule has 0 atom stereocenters. The van der Waals surface area contributed by atoms with Gasteiger partial charge in [0.25, 0.3) is 11.8 Å². The number of carbonyl (C=O) groups excluding carboxylic acids is 3. The second-order valence-electron chi connectivity index (χ2n) is 7.50. The lowest BCUT2D eigenvalue weighted by Crippen LogP contribution is -2.23. The molecule has 1 heterocycles. The van der Waals surface area contributed by atoms with E-state index in [1.165, 1.54) is 77.0 Å². The van der Waals surface area contributed by atoms with Gasteiger partial charge >= 0.3 is 5.97 Å². The molecule has 0 aliphatic carbocycles. The van der Waals surface area contributed by atoms with Gasteiger partial charge in [-0.05, 0) is 6.42 Å². The van der Waals surface area contributed by atoms with Crippen molar-refractivity contribution < 1.29 is 19.1 Å². The molecule has 0 aromatic heterocycles.